The third-order valence-electron chi connectivity index (χ3n) is 2.99. The summed E-state index contributed by atoms with van der Waals surface area (Å²) in [4.78, 5) is 0. The maximum atomic E-state index is 5.78. The number of rotatable bonds is 5. The van der Waals surface area contributed by atoms with Crippen molar-refractivity contribution in [2.24, 2.45) is 0 Å². The number of nitrogens with zero attached hydrogens (tertiary/aromatic N) is 3. The number of aryl methyl sites for hydroxylation is 1. The van der Waals surface area contributed by atoms with E-state index < -0.39 is 0 Å². The van der Waals surface area contributed by atoms with Crippen molar-refractivity contribution in [3.05, 3.63) is 48.0 Å². The topological polar surface area (TPSA) is 30.7 Å². The lowest BCUT2D eigenvalue weighted by molar-refractivity contribution is 0.564. The summed E-state index contributed by atoms with van der Waals surface area (Å²) in [6.07, 6.45) is 2.81. The molecule has 0 fully saturated rings. The zero-order valence-corrected chi connectivity index (χ0v) is 10.6. The molecule has 1 unspecified atom stereocenters. The maximum Gasteiger partial charge on any atom is 0.147 e. The summed E-state index contributed by atoms with van der Waals surface area (Å²) < 4.78 is 2.02. The number of hydrogen-bond acceptors (Lipinski definition) is 2. The van der Waals surface area contributed by atoms with E-state index >= 15 is 0 Å². The van der Waals surface area contributed by atoms with E-state index in [1.807, 2.05) is 10.6 Å². The molecule has 0 spiro atoms. The molecule has 1 aromatic carbocycles. The van der Waals surface area contributed by atoms with Crippen LogP contribution in [-0.2, 0) is 12.4 Å². The zero-order valence-electron chi connectivity index (χ0n) is 9.88. The van der Waals surface area contributed by atoms with E-state index in [-0.39, 0.29) is 0 Å². The lowest BCUT2D eigenvalue weighted by atomic mass is 9.98. The highest BCUT2D eigenvalue weighted by Gasteiger charge is 2.07. The first-order valence-corrected chi connectivity index (χ1v) is 6.32. The number of alkyl halides is 1. The highest BCUT2D eigenvalue weighted by molar-refractivity contribution is 6.16. The van der Waals surface area contributed by atoms with Gasteiger partial charge in [0.2, 0.25) is 0 Å². The van der Waals surface area contributed by atoms with Gasteiger partial charge in [0.25, 0.3) is 0 Å². The van der Waals surface area contributed by atoms with Crippen molar-refractivity contribution in [3.63, 3.8) is 0 Å². The second kappa shape index (κ2) is 5.82. The van der Waals surface area contributed by atoms with Gasteiger partial charge < -0.3 is 4.57 Å². The first-order chi connectivity index (χ1) is 8.31. The van der Waals surface area contributed by atoms with E-state index in [0.717, 1.165) is 18.8 Å². The van der Waals surface area contributed by atoms with E-state index in [0.29, 0.717) is 11.8 Å². The van der Waals surface area contributed by atoms with Crippen LogP contribution in [0.4, 0.5) is 0 Å². The molecule has 0 saturated heterocycles. The Labute approximate surface area is 106 Å². The fourth-order valence-corrected chi connectivity index (χ4v) is 2.06. The van der Waals surface area contributed by atoms with E-state index in [9.17, 15) is 0 Å². The van der Waals surface area contributed by atoms with Crippen molar-refractivity contribution >= 4 is 11.6 Å². The lowest BCUT2D eigenvalue weighted by Crippen LogP contribution is -2.05. The van der Waals surface area contributed by atoms with E-state index in [1.165, 1.54) is 5.56 Å². The molecule has 2 aromatic rings. The third-order valence-corrected chi connectivity index (χ3v) is 3.23. The van der Waals surface area contributed by atoms with Gasteiger partial charge >= 0.3 is 0 Å². The van der Waals surface area contributed by atoms with Gasteiger partial charge in [-0.15, -0.1) is 21.8 Å². The summed E-state index contributed by atoms with van der Waals surface area (Å²) in [5.41, 5.74) is 1.37. The quantitative estimate of drug-likeness (QED) is 0.762. The first kappa shape index (κ1) is 12.1. The van der Waals surface area contributed by atoms with E-state index in [4.69, 9.17) is 11.6 Å². The molecular formula is C13H16ClN3. The molecule has 3 nitrogen and oxygen atoms in total. The molecule has 1 atom stereocenters. The van der Waals surface area contributed by atoms with Gasteiger partial charge in [0, 0.05) is 6.54 Å². The van der Waals surface area contributed by atoms with Crippen LogP contribution >= 0.6 is 11.6 Å². The summed E-state index contributed by atoms with van der Waals surface area (Å²) in [6.45, 7) is 3.14. The normalized spacial score (nSPS) is 12.6. The van der Waals surface area contributed by atoms with E-state index in [2.05, 4.69) is 41.4 Å². The van der Waals surface area contributed by atoms with Crippen LogP contribution in [0.3, 0.4) is 0 Å². The molecule has 0 saturated carbocycles. The second-order valence-electron chi connectivity index (χ2n) is 4.17. The number of hydrogen-bond donors (Lipinski definition) is 0. The van der Waals surface area contributed by atoms with Crippen LogP contribution in [0.2, 0.25) is 0 Å². The molecular weight excluding hydrogens is 234 g/mol. The van der Waals surface area contributed by atoms with Crippen LogP contribution < -0.4 is 0 Å². The third kappa shape index (κ3) is 3.07. The largest absolute Gasteiger partial charge is 0.317 e. The Hall–Kier alpha value is -1.35. The average Bonchev–Trinajstić information content (AvgIpc) is 2.84. The van der Waals surface area contributed by atoms with Crippen molar-refractivity contribution in [3.8, 4) is 0 Å². The molecule has 0 radical (unpaired) electrons. The van der Waals surface area contributed by atoms with Crippen LogP contribution in [0.25, 0.3) is 0 Å². The predicted molar refractivity (Wildman–Crippen MR) is 69.1 cm³/mol. The molecule has 0 aliphatic carbocycles. The molecule has 0 aliphatic rings. The SMILES string of the molecule is CC(CCn1cnnc1CCl)c1ccccc1. The lowest BCUT2D eigenvalue weighted by Gasteiger charge is -2.12. The van der Waals surface area contributed by atoms with Crippen LogP contribution in [0, 0.1) is 0 Å². The summed E-state index contributed by atoms with van der Waals surface area (Å²) in [6, 6.07) is 10.5. The Kier molecular flexibility index (Phi) is 4.15. The number of aromatic nitrogens is 3. The van der Waals surface area contributed by atoms with Crippen molar-refractivity contribution < 1.29 is 0 Å². The smallest absolute Gasteiger partial charge is 0.147 e. The van der Waals surface area contributed by atoms with Crippen LogP contribution in [0.1, 0.15) is 30.7 Å². The fourth-order valence-electron chi connectivity index (χ4n) is 1.85. The Morgan fingerprint density at radius 3 is 2.76 bits per heavy atom. The van der Waals surface area contributed by atoms with Crippen molar-refractivity contribution in [1.29, 1.82) is 0 Å². The van der Waals surface area contributed by atoms with Crippen molar-refractivity contribution in [2.75, 3.05) is 0 Å². The Balaban J connectivity index is 1.95. The van der Waals surface area contributed by atoms with Crippen LogP contribution in [-0.4, -0.2) is 14.8 Å². The van der Waals surface area contributed by atoms with Gasteiger partial charge in [-0.25, -0.2) is 0 Å². The first-order valence-electron chi connectivity index (χ1n) is 5.79. The number of benzene rings is 1. The fraction of sp³-hybridized carbons (Fsp3) is 0.385. The standard InChI is InChI=1S/C13H16ClN3/c1-11(12-5-3-2-4-6-12)7-8-17-10-15-16-13(17)9-14/h2-6,10-11H,7-9H2,1H3. The zero-order chi connectivity index (χ0) is 12.1. The van der Waals surface area contributed by atoms with Gasteiger partial charge in [0.05, 0.1) is 5.88 Å². The van der Waals surface area contributed by atoms with Crippen LogP contribution in [0.15, 0.2) is 36.7 Å². The van der Waals surface area contributed by atoms with Gasteiger partial charge in [-0.3, -0.25) is 0 Å². The summed E-state index contributed by atoms with van der Waals surface area (Å²) in [5.74, 6) is 1.79. The molecule has 2 rings (SSSR count). The number of halogens is 1. The predicted octanol–water partition coefficient (Wildman–Crippen LogP) is 3.21. The van der Waals surface area contributed by atoms with Gasteiger partial charge in [0.15, 0.2) is 0 Å². The molecule has 1 aromatic heterocycles. The summed E-state index contributed by atoms with van der Waals surface area (Å²) >= 11 is 5.78. The molecule has 0 amide bonds. The summed E-state index contributed by atoms with van der Waals surface area (Å²) in [5, 5.41) is 7.84. The highest BCUT2D eigenvalue weighted by Crippen LogP contribution is 2.19. The minimum atomic E-state index is 0.416. The molecule has 0 aliphatic heterocycles. The highest BCUT2D eigenvalue weighted by atomic mass is 35.5. The molecule has 17 heavy (non-hydrogen) atoms. The monoisotopic (exact) mass is 249 g/mol. The molecule has 0 bridgehead atoms. The van der Waals surface area contributed by atoms with Gasteiger partial charge in [0.1, 0.15) is 12.2 Å². The maximum absolute atomic E-state index is 5.78. The van der Waals surface area contributed by atoms with Crippen molar-refractivity contribution in [2.45, 2.75) is 31.7 Å². The van der Waals surface area contributed by atoms with Crippen LogP contribution in [0.5, 0.6) is 0 Å². The Morgan fingerprint density at radius 2 is 2.06 bits per heavy atom. The van der Waals surface area contributed by atoms with Gasteiger partial charge in [-0.05, 0) is 17.9 Å². The summed E-state index contributed by atoms with van der Waals surface area (Å²) in [7, 11) is 0. The minimum Gasteiger partial charge on any atom is -0.317 e. The Bertz CT molecular complexity index is 453. The average molecular weight is 250 g/mol. The molecule has 0 N–H and O–H groups in total. The molecule has 1 heterocycles. The Morgan fingerprint density at radius 1 is 1.29 bits per heavy atom. The van der Waals surface area contributed by atoms with E-state index in [1.54, 1.807) is 6.33 Å². The molecule has 4 heteroatoms. The second-order valence-corrected chi connectivity index (χ2v) is 4.44. The van der Waals surface area contributed by atoms with Crippen molar-refractivity contribution in [1.82, 2.24) is 14.8 Å². The van der Waals surface area contributed by atoms with Gasteiger partial charge in [-0.2, -0.15) is 0 Å². The van der Waals surface area contributed by atoms with Gasteiger partial charge in [-0.1, -0.05) is 37.3 Å². The molecule has 90 valence electrons. The minimum absolute atomic E-state index is 0.416.